The fourth-order valence-corrected chi connectivity index (χ4v) is 1.55. The molecule has 2 aromatic carbocycles. The highest BCUT2D eigenvalue weighted by Crippen LogP contribution is 2.25. The van der Waals surface area contributed by atoms with Crippen molar-refractivity contribution in [2.24, 2.45) is 0 Å². The second-order valence-corrected chi connectivity index (χ2v) is 4.17. The van der Waals surface area contributed by atoms with Crippen molar-refractivity contribution in [1.29, 1.82) is 0 Å². The standard InChI is InChI=1S/C16H12O6/c17-11-8-12(18)10-14(9-11)22-16(20)7-6-15(19)21-13-4-2-1-3-5-13/h1-10,17-18H/b7-6-. The number of esters is 2. The molecule has 0 atom stereocenters. The number of aromatic hydroxyl groups is 2. The number of carbonyl (C=O) groups is 2. The zero-order valence-corrected chi connectivity index (χ0v) is 11.3. The summed E-state index contributed by atoms with van der Waals surface area (Å²) in [5.41, 5.74) is 0. The summed E-state index contributed by atoms with van der Waals surface area (Å²) < 4.78 is 9.76. The van der Waals surface area contributed by atoms with Crippen LogP contribution in [0.15, 0.2) is 60.7 Å². The number of phenolic OH excluding ortho intramolecular Hbond substituents is 2. The SMILES string of the molecule is O=C(/C=C\C(=O)Oc1cc(O)cc(O)c1)Oc1ccccc1. The lowest BCUT2D eigenvalue weighted by Gasteiger charge is -2.03. The molecular weight excluding hydrogens is 288 g/mol. The minimum atomic E-state index is -0.852. The van der Waals surface area contributed by atoms with Crippen molar-refractivity contribution in [3.63, 3.8) is 0 Å². The maximum Gasteiger partial charge on any atom is 0.336 e. The summed E-state index contributed by atoms with van der Waals surface area (Å²) in [6.45, 7) is 0. The molecule has 0 saturated carbocycles. The number of rotatable bonds is 4. The van der Waals surface area contributed by atoms with Crippen LogP contribution in [0.5, 0.6) is 23.0 Å². The molecule has 0 bridgehead atoms. The van der Waals surface area contributed by atoms with Crippen LogP contribution >= 0.6 is 0 Å². The molecule has 2 N–H and O–H groups in total. The van der Waals surface area contributed by atoms with Gasteiger partial charge in [-0.2, -0.15) is 0 Å². The summed E-state index contributed by atoms with van der Waals surface area (Å²) in [7, 11) is 0. The van der Waals surface area contributed by atoms with Gasteiger partial charge in [-0.05, 0) is 12.1 Å². The van der Waals surface area contributed by atoms with Gasteiger partial charge in [0, 0.05) is 30.4 Å². The summed E-state index contributed by atoms with van der Waals surface area (Å²) in [5.74, 6) is -1.80. The molecule has 2 rings (SSSR count). The number of hydrogen-bond donors (Lipinski definition) is 2. The molecule has 0 aliphatic heterocycles. The number of para-hydroxylation sites is 1. The molecule has 0 aromatic heterocycles. The maximum absolute atomic E-state index is 11.5. The summed E-state index contributed by atoms with van der Waals surface area (Å²) in [5, 5.41) is 18.5. The van der Waals surface area contributed by atoms with Gasteiger partial charge in [-0.1, -0.05) is 18.2 Å². The minimum Gasteiger partial charge on any atom is -0.508 e. The van der Waals surface area contributed by atoms with Gasteiger partial charge in [0.05, 0.1) is 0 Å². The van der Waals surface area contributed by atoms with Gasteiger partial charge in [0.1, 0.15) is 23.0 Å². The summed E-state index contributed by atoms with van der Waals surface area (Å²) in [6, 6.07) is 11.8. The van der Waals surface area contributed by atoms with E-state index in [0.717, 1.165) is 30.4 Å². The molecule has 6 nitrogen and oxygen atoms in total. The van der Waals surface area contributed by atoms with Gasteiger partial charge < -0.3 is 19.7 Å². The van der Waals surface area contributed by atoms with Gasteiger partial charge in [0.15, 0.2) is 0 Å². The fraction of sp³-hybridized carbons (Fsp3) is 0. The van der Waals surface area contributed by atoms with E-state index in [2.05, 4.69) is 0 Å². The number of ether oxygens (including phenoxy) is 2. The Bertz CT molecular complexity index is 686. The van der Waals surface area contributed by atoms with E-state index in [1.165, 1.54) is 0 Å². The van der Waals surface area contributed by atoms with Crippen LogP contribution in [0.2, 0.25) is 0 Å². The molecule has 2 aromatic rings. The van der Waals surface area contributed by atoms with Gasteiger partial charge in [0.25, 0.3) is 0 Å². The predicted octanol–water partition coefficient (Wildman–Crippen LogP) is 2.17. The van der Waals surface area contributed by atoms with Crippen LogP contribution in [0.3, 0.4) is 0 Å². The number of phenols is 2. The van der Waals surface area contributed by atoms with Gasteiger partial charge in [0.2, 0.25) is 0 Å². The highest BCUT2D eigenvalue weighted by atomic mass is 16.5. The summed E-state index contributed by atoms with van der Waals surface area (Å²) in [6.07, 6.45) is 1.80. The van der Waals surface area contributed by atoms with E-state index >= 15 is 0 Å². The smallest absolute Gasteiger partial charge is 0.336 e. The van der Waals surface area contributed by atoms with Crippen LogP contribution in [-0.2, 0) is 9.59 Å². The molecule has 0 fully saturated rings. The van der Waals surface area contributed by atoms with Crippen LogP contribution in [0.4, 0.5) is 0 Å². The van der Waals surface area contributed by atoms with Crippen molar-refractivity contribution in [3.8, 4) is 23.0 Å². The molecule has 6 heteroatoms. The quantitative estimate of drug-likeness (QED) is 0.510. The molecule has 0 saturated heterocycles. The van der Waals surface area contributed by atoms with E-state index in [9.17, 15) is 19.8 Å². The largest absolute Gasteiger partial charge is 0.508 e. The van der Waals surface area contributed by atoms with E-state index in [4.69, 9.17) is 9.47 Å². The monoisotopic (exact) mass is 300 g/mol. The molecular formula is C16H12O6. The highest BCUT2D eigenvalue weighted by Gasteiger charge is 2.06. The normalized spacial score (nSPS) is 10.4. The van der Waals surface area contributed by atoms with Crippen LogP contribution in [0.1, 0.15) is 0 Å². The lowest BCUT2D eigenvalue weighted by Crippen LogP contribution is -2.08. The topological polar surface area (TPSA) is 93.1 Å². The Balaban J connectivity index is 1.92. The first-order valence-corrected chi connectivity index (χ1v) is 6.23. The number of carbonyl (C=O) groups excluding carboxylic acids is 2. The van der Waals surface area contributed by atoms with E-state index < -0.39 is 11.9 Å². The first kappa shape index (κ1) is 15.1. The van der Waals surface area contributed by atoms with Gasteiger partial charge in [-0.3, -0.25) is 0 Å². The van der Waals surface area contributed by atoms with Crippen LogP contribution in [0, 0.1) is 0 Å². The molecule has 22 heavy (non-hydrogen) atoms. The Hall–Kier alpha value is -3.28. The van der Waals surface area contributed by atoms with Crippen LogP contribution in [0.25, 0.3) is 0 Å². The van der Waals surface area contributed by atoms with E-state index in [0.29, 0.717) is 5.75 Å². The van der Waals surface area contributed by atoms with Crippen molar-refractivity contribution in [3.05, 3.63) is 60.7 Å². The molecule has 0 heterocycles. The fourth-order valence-electron chi connectivity index (χ4n) is 1.55. The second kappa shape index (κ2) is 6.94. The average molecular weight is 300 g/mol. The third kappa shape index (κ3) is 4.68. The second-order valence-electron chi connectivity index (χ2n) is 4.17. The van der Waals surface area contributed by atoms with E-state index in [1.54, 1.807) is 30.3 Å². The zero-order chi connectivity index (χ0) is 15.9. The van der Waals surface area contributed by atoms with Crippen molar-refractivity contribution in [2.75, 3.05) is 0 Å². The highest BCUT2D eigenvalue weighted by molar-refractivity contribution is 5.93. The Labute approximate surface area is 125 Å². The lowest BCUT2D eigenvalue weighted by molar-refractivity contribution is -0.131. The molecule has 0 spiro atoms. The predicted molar refractivity (Wildman–Crippen MR) is 76.6 cm³/mol. The van der Waals surface area contributed by atoms with Gasteiger partial charge in [-0.25, -0.2) is 9.59 Å². The number of hydrogen-bond acceptors (Lipinski definition) is 6. The Morgan fingerprint density at radius 3 is 1.82 bits per heavy atom. The van der Waals surface area contributed by atoms with Crippen molar-refractivity contribution < 1.29 is 29.3 Å². The molecule has 0 aliphatic carbocycles. The maximum atomic E-state index is 11.5. The first-order chi connectivity index (χ1) is 10.5. The summed E-state index contributed by atoms with van der Waals surface area (Å²) in [4.78, 5) is 23.0. The lowest BCUT2D eigenvalue weighted by atomic mass is 10.3. The third-order valence-corrected chi connectivity index (χ3v) is 2.41. The van der Waals surface area contributed by atoms with Gasteiger partial charge >= 0.3 is 11.9 Å². The van der Waals surface area contributed by atoms with Crippen molar-refractivity contribution in [2.45, 2.75) is 0 Å². The zero-order valence-electron chi connectivity index (χ0n) is 11.3. The minimum absolute atomic E-state index is 0.0522. The molecule has 112 valence electrons. The van der Waals surface area contributed by atoms with E-state index in [-0.39, 0.29) is 17.2 Å². The molecule has 0 unspecified atom stereocenters. The number of benzene rings is 2. The van der Waals surface area contributed by atoms with Crippen molar-refractivity contribution in [1.82, 2.24) is 0 Å². The first-order valence-electron chi connectivity index (χ1n) is 6.23. The summed E-state index contributed by atoms with van der Waals surface area (Å²) >= 11 is 0. The average Bonchev–Trinajstić information content (AvgIpc) is 2.45. The Morgan fingerprint density at radius 1 is 0.773 bits per heavy atom. The van der Waals surface area contributed by atoms with Crippen LogP contribution < -0.4 is 9.47 Å². The third-order valence-electron chi connectivity index (χ3n) is 2.41. The molecule has 0 aliphatic rings. The Morgan fingerprint density at radius 2 is 1.27 bits per heavy atom. The van der Waals surface area contributed by atoms with Crippen molar-refractivity contribution >= 4 is 11.9 Å². The Kier molecular flexibility index (Phi) is 4.77. The van der Waals surface area contributed by atoms with Gasteiger partial charge in [-0.15, -0.1) is 0 Å². The van der Waals surface area contributed by atoms with E-state index in [1.807, 2.05) is 0 Å². The molecule has 0 amide bonds. The molecule has 0 radical (unpaired) electrons. The van der Waals surface area contributed by atoms with Crippen LogP contribution in [-0.4, -0.2) is 22.2 Å².